The molecule has 0 spiro atoms. The van der Waals surface area contributed by atoms with Gasteiger partial charge in [-0.1, -0.05) is 0 Å². The highest BCUT2D eigenvalue weighted by molar-refractivity contribution is 6.26. The van der Waals surface area contributed by atoms with E-state index in [-0.39, 0.29) is 13.0 Å². The van der Waals surface area contributed by atoms with Gasteiger partial charge in [-0.3, -0.25) is 0 Å². The molecule has 1 atom stereocenters. The molecule has 1 aliphatic rings. The van der Waals surface area contributed by atoms with E-state index in [4.69, 9.17) is 23.3 Å². The smallest absolute Gasteiger partial charge is 0.139 e. The Hall–Kier alpha value is -1.49. The normalized spacial score (nSPS) is 20.0. The number of aromatic nitrogens is 2. The number of hydrogen-bond acceptors (Lipinski definition) is 3. The molecule has 5 heteroatoms. The summed E-state index contributed by atoms with van der Waals surface area (Å²) in [5.41, 5.74) is -0.795. The van der Waals surface area contributed by atoms with Gasteiger partial charge in [0.05, 0.1) is 23.9 Å². The van der Waals surface area contributed by atoms with Gasteiger partial charge in [0.15, 0.2) is 0 Å². The Morgan fingerprint density at radius 3 is 2.94 bits per heavy atom. The fourth-order valence-electron chi connectivity index (χ4n) is 1.92. The Bertz CT molecular complexity index is 507. The summed E-state index contributed by atoms with van der Waals surface area (Å²) in [4.78, 5) is 3.22. The van der Waals surface area contributed by atoms with Crippen LogP contribution in [-0.4, -0.2) is 25.1 Å². The third-order valence-electron chi connectivity index (χ3n) is 3.18. The lowest BCUT2D eigenvalue weighted by atomic mass is 9.93. The molecule has 4 nitrogen and oxygen atoms in total. The fourth-order valence-corrected chi connectivity index (χ4v) is 2.14. The average Bonchev–Trinajstić information content (AvgIpc) is 2.90. The van der Waals surface area contributed by atoms with Gasteiger partial charge in [-0.2, -0.15) is 5.26 Å². The summed E-state index contributed by atoms with van der Waals surface area (Å²) >= 11 is 6.28. The van der Waals surface area contributed by atoms with E-state index < -0.39 is 10.5 Å². The van der Waals surface area contributed by atoms with Gasteiger partial charge in [0.25, 0.3) is 0 Å². The van der Waals surface area contributed by atoms with E-state index in [0.29, 0.717) is 5.69 Å². The van der Waals surface area contributed by atoms with E-state index >= 15 is 0 Å². The fraction of sp³-hybridized carbons (Fsp3) is 0.500. The highest BCUT2D eigenvalue weighted by Crippen LogP contribution is 2.53. The minimum Gasteiger partial charge on any atom is -0.385 e. The summed E-state index contributed by atoms with van der Waals surface area (Å²) in [6.07, 6.45) is 9.88. The molecule has 0 radical (unpaired) electrons. The number of nitriles is 1. The Labute approximate surface area is 105 Å². The van der Waals surface area contributed by atoms with E-state index in [0.717, 1.165) is 12.8 Å². The van der Waals surface area contributed by atoms with E-state index in [2.05, 4.69) is 10.9 Å². The summed E-state index contributed by atoms with van der Waals surface area (Å²) in [7, 11) is 0. The zero-order valence-electron chi connectivity index (χ0n) is 9.23. The highest BCUT2D eigenvalue weighted by atomic mass is 35.5. The van der Waals surface area contributed by atoms with Crippen molar-refractivity contribution in [1.82, 2.24) is 9.55 Å². The molecule has 1 aromatic heterocycles. The second-order valence-corrected chi connectivity index (χ2v) is 5.12. The van der Waals surface area contributed by atoms with Gasteiger partial charge < -0.3 is 9.67 Å². The van der Waals surface area contributed by atoms with Crippen molar-refractivity contribution >= 4 is 11.6 Å². The van der Waals surface area contributed by atoms with Gasteiger partial charge in [-0.05, 0) is 12.8 Å². The maximum atomic E-state index is 10.6. The van der Waals surface area contributed by atoms with Crippen LogP contribution in [-0.2, 0) is 6.54 Å². The zero-order valence-corrected chi connectivity index (χ0v) is 9.98. The molecule has 1 aliphatic carbocycles. The van der Waals surface area contributed by atoms with Crippen LogP contribution in [0.3, 0.4) is 0 Å². The lowest BCUT2D eigenvalue weighted by Crippen LogP contribution is -2.44. The van der Waals surface area contributed by atoms with Gasteiger partial charge in [0.2, 0.25) is 0 Å². The predicted octanol–water partition coefficient (Wildman–Crippen LogP) is 1.28. The molecule has 1 unspecified atom stereocenters. The van der Waals surface area contributed by atoms with Crippen LogP contribution in [0.5, 0.6) is 0 Å². The number of imidazole rings is 1. The molecule has 2 rings (SSSR count). The molecule has 0 saturated heterocycles. The summed E-state index contributed by atoms with van der Waals surface area (Å²) < 4.78 is 1.58. The minimum absolute atomic E-state index is 0.166. The molecule has 17 heavy (non-hydrogen) atoms. The molecule has 1 fully saturated rings. The van der Waals surface area contributed by atoms with E-state index in [1.165, 1.54) is 12.5 Å². The third kappa shape index (κ3) is 2.02. The van der Waals surface area contributed by atoms with Gasteiger partial charge in [0.1, 0.15) is 17.4 Å². The Morgan fingerprint density at radius 2 is 2.41 bits per heavy atom. The lowest BCUT2D eigenvalue weighted by Gasteiger charge is -2.31. The first-order valence-corrected chi connectivity index (χ1v) is 5.67. The molecule has 0 aromatic carbocycles. The molecule has 1 saturated carbocycles. The third-order valence-corrected chi connectivity index (χ3v) is 3.91. The van der Waals surface area contributed by atoms with E-state index in [1.807, 2.05) is 6.07 Å². The molecule has 1 N–H and O–H groups in total. The number of rotatable bonds is 4. The topological polar surface area (TPSA) is 61.8 Å². The van der Waals surface area contributed by atoms with Crippen molar-refractivity contribution in [3.05, 3.63) is 18.2 Å². The molecule has 88 valence electrons. The van der Waals surface area contributed by atoms with Gasteiger partial charge in [0, 0.05) is 6.42 Å². The second-order valence-electron chi connectivity index (χ2n) is 4.40. The largest absolute Gasteiger partial charge is 0.385 e. The van der Waals surface area contributed by atoms with Crippen molar-refractivity contribution in [1.29, 1.82) is 5.26 Å². The number of alkyl halides is 1. The second kappa shape index (κ2) is 4.07. The number of halogens is 1. The summed E-state index contributed by atoms with van der Waals surface area (Å²) in [6, 6.07) is 2.01. The predicted molar refractivity (Wildman–Crippen MR) is 63.2 cm³/mol. The van der Waals surface area contributed by atoms with E-state index in [1.54, 1.807) is 4.57 Å². The van der Waals surface area contributed by atoms with Crippen molar-refractivity contribution in [3.63, 3.8) is 0 Å². The number of aliphatic hydroxyl groups is 1. The first kappa shape index (κ1) is 12.0. The maximum Gasteiger partial charge on any atom is 0.139 e. The molecule has 0 bridgehead atoms. The van der Waals surface area contributed by atoms with Crippen LogP contribution in [0, 0.1) is 23.7 Å². The Kier molecular flexibility index (Phi) is 2.87. The Morgan fingerprint density at radius 1 is 1.71 bits per heavy atom. The van der Waals surface area contributed by atoms with E-state index in [9.17, 15) is 5.11 Å². The standard InChI is InChI=1S/C12H12ClN3O/c1-2-3-12(17,11(13)4-5-11)8-16-9-15-7-10(16)6-14/h1,7,9,17H,3-5,8H2. The monoisotopic (exact) mass is 249 g/mol. The van der Waals surface area contributed by atoms with Gasteiger partial charge >= 0.3 is 0 Å². The zero-order chi connectivity index (χ0) is 12.5. The maximum absolute atomic E-state index is 10.6. The minimum atomic E-state index is -1.18. The summed E-state index contributed by atoms with van der Waals surface area (Å²) in [6.45, 7) is 0.198. The molecular weight excluding hydrogens is 238 g/mol. The molecule has 0 amide bonds. The lowest BCUT2D eigenvalue weighted by molar-refractivity contribution is 0.0153. The van der Waals surface area contributed by atoms with Crippen molar-refractivity contribution < 1.29 is 5.11 Å². The van der Waals surface area contributed by atoms with Crippen molar-refractivity contribution in [3.8, 4) is 18.4 Å². The van der Waals surface area contributed by atoms with Crippen LogP contribution < -0.4 is 0 Å². The number of hydrogen-bond donors (Lipinski definition) is 1. The number of nitrogens with zero attached hydrogens (tertiary/aromatic N) is 3. The van der Waals surface area contributed by atoms with Crippen LogP contribution in [0.2, 0.25) is 0 Å². The van der Waals surface area contributed by atoms with Gasteiger partial charge in [-0.25, -0.2) is 4.98 Å². The molecule has 0 aliphatic heterocycles. The summed E-state index contributed by atoms with van der Waals surface area (Å²) in [5, 5.41) is 19.5. The molecular formula is C12H12ClN3O. The summed E-state index contributed by atoms with van der Waals surface area (Å²) in [5.74, 6) is 2.45. The quantitative estimate of drug-likeness (QED) is 0.646. The average molecular weight is 250 g/mol. The molecule has 1 aromatic rings. The van der Waals surface area contributed by atoms with Crippen molar-refractivity contribution in [2.24, 2.45) is 0 Å². The van der Waals surface area contributed by atoms with Crippen molar-refractivity contribution in [2.75, 3.05) is 0 Å². The number of terminal acetylenes is 1. The van der Waals surface area contributed by atoms with Crippen LogP contribution in [0.25, 0.3) is 0 Å². The van der Waals surface area contributed by atoms with Crippen molar-refractivity contribution in [2.45, 2.75) is 36.3 Å². The van der Waals surface area contributed by atoms with Crippen LogP contribution in [0.1, 0.15) is 25.0 Å². The van der Waals surface area contributed by atoms with Gasteiger partial charge in [-0.15, -0.1) is 23.9 Å². The Balaban J connectivity index is 2.26. The first-order valence-electron chi connectivity index (χ1n) is 5.30. The molecule has 1 heterocycles. The first-order chi connectivity index (χ1) is 8.04. The van der Waals surface area contributed by atoms with Crippen LogP contribution in [0.15, 0.2) is 12.5 Å². The van der Waals surface area contributed by atoms with Crippen LogP contribution >= 0.6 is 11.6 Å². The highest BCUT2D eigenvalue weighted by Gasteiger charge is 2.57. The SMILES string of the molecule is C#CCC(O)(Cn1cncc1C#N)C1(Cl)CC1. The van der Waals surface area contributed by atoms with Crippen LogP contribution in [0.4, 0.5) is 0 Å².